The average Bonchev–Trinajstić information content (AvgIpc) is 3.42. The highest BCUT2D eigenvalue weighted by Crippen LogP contribution is 2.31. The van der Waals surface area contributed by atoms with E-state index in [9.17, 15) is 9.59 Å². The lowest BCUT2D eigenvalue weighted by molar-refractivity contribution is -0.117. The molecule has 6 heteroatoms. The number of amides is 2. The number of pyridine rings is 1. The number of nitrogens with zero attached hydrogens (tertiary/aromatic N) is 1. The Morgan fingerprint density at radius 1 is 1.17 bits per heavy atom. The Morgan fingerprint density at radius 2 is 1.92 bits per heavy atom. The van der Waals surface area contributed by atoms with Crippen molar-refractivity contribution < 1.29 is 9.59 Å². The molecule has 1 aliphatic rings. The quantitative estimate of drug-likeness (QED) is 0.789. The van der Waals surface area contributed by atoms with Crippen LogP contribution in [-0.2, 0) is 9.59 Å². The predicted octanol–water partition coefficient (Wildman–Crippen LogP) is 3.47. The molecule has 1 heterocycles. The van der Waals surface area contributed by atoms with E-state index in [-0.39, 0.29) is 17.7 Å². The number of aromatic nitrogens is 1. The van der Waals surface area contributed by atoms with Crippen molar-refractivity contribution in [3.8, 4) is 0 Å². The molecule has 0 atom stereocenters. The van der Waals surface area contributed by atoms with E-state index in [0.717, 1.165) is 34.7 Å². The van der Waals surface area contributed by atoms with Crippen LogP contribution in [0.1, 0.15) is 18.4 Å². The van der Waals surface area contributed by atoms with Gasteiger partial charge in [-0.1, -0.05) is 6.07 Å². The van der Waals surface area contributed by atoms with E-state index in [2.05, 4.69) is 15.6 Å². The summed E-state index contributed by atoms with van der Waals surface area (Å²) in [5.41, 5.74) is 2.40. The maximum Gasteiger partial charge on any atom is 0.234 e. The third-order valence-corrected chi connectivity index (χ3v) is 4.76. The molecule has 0 aliphatic heterocycles. The fourth-order valence-corrected chi connectivity index (χ4v) is 2.88. The molecule has 124 valence electrons. The van der Waals surface area contributed by atoms with E-state index in [1.807, 2.05) is 37.3 Å². The second-order valence-corrected chi connectivity index (χ2v) is 6.86. The molecule has 1 saturated carbocycles. The van der Waals surface area contributed by atoms with Gasteiger partial charge < -0.3 is 10.6 Å². The summed E-state index contributed by atoms with van der Waals surface area (Å²) in [6.45, 7) is 1.93. The van der Waals surface area contributed by atoms with Gasteiger partial charge in [-0.25, -0.2) is 0 Å². The maximum atomic E-state index is 12.2. The molecule has 2 aromatic rings. The number of anilines is 2. The van der Waals surface area contributed by atoms with Gasteiger partial charge in [0.15, 0.2) is 0 Å². The highest BCUT2D eigenvalue weighted by molar-refractivity contribution is 8.00. The first-order valence-electron chi connectivity index (χ1n) is 7.86. The van der Waals surface area contributed by atoms with E-state index in [1.165, 1.54) is 11.8 Å². The first-order chi connectivity index (χ1) is 11.6. The van der Waals surface area contributed by atoms with Gasteiger partial charge in [-0.05, 0) is 49.6 Å². The lowest BCUT2D eigenvalue weighted by atomic mass is 10.1. The second-order valence-electron chi connectivity index (χ2n) is 5.81. The summed E-state index contributed by atoms with van der Waals surface area (Å²) in [5.74, 6) is 0.457. The normalized spacial score (nSPS) is 13.4. The third-order valence-electron chi connectivity index (χ3n) is 3.75. The van der Waals surface area contributed by atoms with Gasteiger partial charge in [-0.3, -0.25) is 14.6 Å². The zero-order chi connectivity index (χ0) is 16.9. The van der Waals surface area contributed by atoms with Gasteiger partial charge in [0.25, 0.3) is 0 Å². The van der Waals surface area contributed by atoms with Crippen molar-refractivity contribution in [1.82, 2.24) is 4.98 Å². The largest absolute Gasteiger partial charge is 0.326 e. The van der Waals surface area contributed by atoms with Crippen LogP contribution in [0, 0.1) is 12.8 Å². The van der Waals surface area contributed by atoms with E-state index in [4.69, 9.17) is 0 Å². The first kappa shape index (κ1) is 16.5. The Kier molecular flexibility index (Phi) is 5.15. The molecule has 1 aromatic heterocycles. The van der Waals surface area contributed by atoms with Crippen molar-refractivity contribution in [1.29, 1.82) is 0 Å². The van der Waals surface area contributed by atoms with Crippen molar-refractivity contribution >= 4 is 35.0 Å². The molecular formula is C18H19N3O2S. The van der Waals surface area contributed by atoms with Crippen LogP contribution in [0.25, 0.3) is 0 Å². The van der Waals surface area contributed by atoms with E-state index in [0.29, 0.717) is 5.75 Å². The molecule has 2 amide bonds. The molecule has 1 aliphatic carbocycles. The van der Waals surface area contributed by atoms with Crippen LogP contribution in [0.3, 0.4) is 0 Å². The van der Waals surface area contributed by atoms with Gasteiger partial charge in [0.05, 0.1) is 5.75 Å². The van der Waals surface area contributed by atoms with E-state index < -0.39 is 0 Å². The average molecular weight is 341 g/mol. The SMILES string of the molecule is Cc1ccc(NC(=O)C2CC2)cc1NC(=O)CSc1ccncc1. The minimum atomic E-state index is -0.0782. The number of hydrogen-bond donors (Lipinski definition) is 2. The molecule has 0 saturated heterocycles. The van der Waals surface area contributed by atoms with Crippen LogP contribution in [0.4, 0.5) is 11.4 Å². The fourth-order valence-electron chi connectivity index (χ4n) is 2.19. The highest BCUT2D eigenvalue weighted by atomic mass is 32.2. The van der Waals surface area contributed by atoms with Crippen LogP contribution in [-0.4, -0.2) is 22.6 Å². The molecule has 5 nitrogen and oxygen atoms in total. The summed E-state index contributed by atoms with van der Waals surface area (Å²) in [6, 6.07) is 9.31. The smallest absolute Gasteiger partial charge is 0.234 e. The minimum Gasteiger partial charge on any atom is -0.326 e. The zero-order valence-corrected chi connectivity index (χ0v) is 14.2. The number of rotatable bonds is 6. The van der Waals surface area contributed by atoms with Crippen molar-refractivity contribution in [3.63, 3.8) is 0 Å². The summed E-state index contributed by atoms with van der Waals surface area (Å²) in [5, 5.41) is 5.81. The number of carbonyl (C=O) groups excluding carboxylic acids is 2. The summed E-state index contributed by atoms with van der Waals surface area (Å²) in [4.78, 5) is 29.0. The molecular weight excluding hydrogens is 322 g/mol. The van der Waals surface area contributed by atoms with E-state index in [1.54, 1.807) is 12.4 Å². The van der Waals surface area contributed by atoms with Gasteiger partial charge in [-0.2, -0.15) is 0 Å². The topological polar surface area (TPSA) is 71.1 Å². The number of carbonyl (C=O) groups is 2. The maximum absolute atomic E-state index is 12.2. The van der Waals surface area contributed by atoms with Crippen molar-refractivity contribution in [2.75, 3.05) is 16.4 Å². The monoisotopic (exact) mass is 341 g/mol. The van der Waals surface area contributed by atoms with Gasteiger partial charge in [-0.15, -0.1) is 11.8 Å². The Bertz CT molecular complexity index is 745. The summed E-state index contributed by atoms with van der Waals surface area (Å²) < 4.78 is 0. The standard InChI is InChI=1S/C18H19N3O2S/c1-12-2-5-14(20-18(23)13-3-4-13)10-16(12)21-17(22)11-24-15-6-8-19-9-7-15/h2,5-10,13H,3-4,11H2,1H3,(H,20,23)(H,21,22). The van der Waals surface area contributed by atoms with Gasteiger partial charge in [0, 0.05) is 34.6 Å². The zero-order valence-electron chi connectivity index (χ0n) is 13.4. The molecule has 1 fully saturated rings. The highest BCUT2D eigenvalue weighted by Gasteiger charge is 2.29. The second kappa shape index (κ2) is 7.49. The van der Waals surface area contributed by atoms with Gasteiger partial charge in [0.1, 0.15) is 0 Å². The number of thioether (sulfide) groups is 1. The van der Waals surface area contributed by atoms with Crippen LogP contribution >= 0.6 is 11.8 Å². The molecule has 0 bridgehead atoms. The lowest BCUT2D eigenvalue weighted by Crippen LogP contribution is -2.16. The minimum absolute atomic E-state index is 0.0596. The molecule has 0 spiro atoms. The molecule has 0 unspecified atom stereocenters. The first-order valence-corrected chi connectivity index (χ1v) is 8.84. The number of benzene rings is 1. The lowest BCUT2D eigenvalue weighted by Gasteiger charge is -2.11. The summed E-state index contributed by atoms with van der Waals surface area (Å²) in [6.07, 6.45) is 5.34. The van der Waals surface area contributed by atoms with Crippen molar-refractivity contribution in [3.05, 3.63) is 48.3 Å². The summed E-state index contributed by atoms with van der Waals surface area (Å²) in [7, 11) is 0. The van der Waals surface area contributed by atoms with Gasteiger partial charge in [0.2, 0.25) is 11.8 Å². The number of aryl methyl sites for hydroxylation is 1. The van der Waals surface area contributed by atoms with Crippen LogP contribution < -0.4 is 10.6 Å². The molecule has 1 aromatic carbocycles. The van der Waals surface area contributed by atoms with Crippen LogP contribution in [0.15, 0.2) is 47.6 Å². The van der Waals surface area contributed by atoms with Crippen LogP contribution in [0.5, 0.6) is 0 Å². The molecule has 3 rings (SSSR count). The third kappa shape index (κ3) is 4.58. The Balaban J connectivity index is 1.58. The van der Waals surface area contributed by atoms with Crippen molar-refractivity contribution in [2.45, 2.75) is 24.7 Å². The Labute approximate surface area is 145 Å². The van der Waals surface area contributed by atoms with Crippen molar-refractivity contribution in [2.24, 2.45) is 5.92 Å². The molecule has 24 heavy (non-hydrogen) atoms. The number of nitrogens with one attached hydrogen (secondary N) is 2. The fraction of sp³-hybridized carbons (Fsp3) is 0.278. The van der Waals surface area contributed by atoms with Gasteiger partial charge >= 0.3 is 0 Å². The van der Waals surface area contributed by atoms with Crippen LogP contribution in [0.2, 0.25) is 0 Å². The molecule has 0 radical (unpaired) electrons. The Hall–Kier alpha value is -2.34. The summed E-state index contributed by atoms with van der Waals surface area (Å²) >= 11 is 1.46. The number of hydrogen-bond acceptors (Lipinski definition) is 4. The Morgan fingerprint density at radius 3 is 2.62 bits per heavy atom. The molecule has 2 N–H and O–H groups in total. The predicted molar refractivity (Wildman–Crippen MR) is 96.1 cm³/mol. The van der Waals surface area contributed by atoms with E-state index >= 15 is 0 Å².